The Labute approximate surface area is 104 Å². The highest BCUT2D eigenvalue weighted by molar-refractivity contribution is 8.00. The first-order chi connectivity index (χ1) is 8.21. The van der Waals surface area contributed by atoms with Crippen LogP contribution in [-0.4, -0.2) is 18.6 Å². The Morgan fingerprint density at radius 2 is 1.94 bits per heavy atom. The lowest BCUT2D eigenvalue weighted by Gasteiger charge is -2.04. The van der Waals surface area contributed by atoms with Gasteiger partial charge in [0.1, 0.15) is 5.75 Å². The summed E-state index contributed by atoms with van der Waals surface area (Å²) in [4.78, 5) is 0.977. The Bertz CT molecular complexity index is 456. The van der Waals surface area contributed by atoms with Crippen molar-refractivity contribution in [3.8, 4) is 17.9 Å². The van der Waals surface area contributed by atoms with Gasteiger partial charge in [-0.25, -0.2) is 0 Å². The van der Waals surface area contributed by atoms with Crippen molar-refractivity contribution in [3.63, 3.8) is 0 Å². The van der Waals surface area contributed by atoms with Crippen molar-refractivity contribution < 1.29 is 4.74 Å². The molecule has 86 valence electrons. The zero-order chi connectivity index (χ0) is 12.7. The number of nitrogens with zero attached hydrogens (tertiary/aromatic N) is 2. The van der Waals surface area contributed by atoms with E-state index in [9.17, 15) is 0 Å². The van der Waals surface area contributed by atoms with Crippen molar-refractivity contribution in [1.82, 2.24) is 0 Å². The molecule has 0 atom stereocenters. The van der Waals surface area contributed by atoms with Gasteiger partial charge in [0.05, 0.1) is 25.0 Å². The quantitative estimate of drug-likeness (QED) is 0.638. The average molecular weight is 245 g/mol. The van der Waals surface area contributed by atoms with Gasteiger partial charge in [0, 0.05) is 10.6 Å². The molecule has 0 bridgehead atoms. The molecule has 0 heterocycles. The number of hydrogen-bond acceptors (Lipinski definition) is 5. The van der Waals surface area contributed by atoms with Gasteiger partial charge in [-0.15, -0.1) is 11.8 Å². The molecule has 0 saturated heterocycles. The molecule has 17 heavy (non-hydrogen) atoms. The Morgan fingerprint density at radius 1 is 1.35 bits per heavy atom. The predicted octanol–water partition coefficient (Wildman–Crippen LogP) is 2.47. The average Bonchev–Trinajstić information content (AvgIpc) is 2.38. The standard InChI is InChI=1S/C12H11N3OS/c1-16-10-2-4-11(5-3-10)17-8-12(15)9(6-13)7-14/h2-5,9,15H,8H2,1H3. The van der Waals surface area contributed by atoms with Crippen LogP contribution in [0.1, 0.15) is 0 Å². The van der Waals surface area contributed by atoms with Crippen LogP contribution in [0, 0.1) is 34.0 Å². The van der Waals surface area contributed by atoms with Crippen LogP contribution >= 0.6 is 11.8 Å². The Balaban J connectivity index is 2.54. The lowest BCUT2D eigenvalue weighted by Crippen LogP contribution is -2.11. The highest BCUT2D eigenvalue weighted by atomic mass is 32.2. The summed E-state index contributed by atoms with van der Waals surface area (Å²) in [6.07, 6.45) is 0. The van der Waals surface area contributed by atoms with E-state index in [2.05, 4.69) is 0 Å². The van der Waals surface area contributed by atoms with Crippen LogP contribution in [0.3, 0.4) is 0 Å². The van der Waals surface area contributed by atoms with Gasteiger partial charge in [-0.1, -0.05) is 0 Å². The van der Waals surface area contributed by atoms with Crippen LogP contribution in [0.2, 0.25) is 0 Å². The molecule has 4 nitrogen and oxygen atoms in total. The SMILES string of the molecule is COc1ccc(SCC(=N)C(C#N)C#N)cc1. The van der Waals surface area contributed by atoms with Crippen molar-refractivity contribution in [1.29, 1.82) is 15.9 Å². The molecular weight excluding hydrogens is 234 g/mol. The molecule has 0 radical (unpaired) electrons. The first-order valence-corrected chi connectivity index (χ1v) is 5.83. The monoisotopic (exact) mass is 245 g/mol. The van der Waals surface area contributed by atoms with Crippen LogP contribution in [0.4, 0.5) is 0 Å². The fraction of sp³-hybridized carbons (Fsp3) is 0.250. The van der Waals surface area contributed by atoms with Crippen LogP contribution < -0.4 is 4.74 Å². The van der Waals surface area contributed by atoms with Crippen molar-refractivity contribution in [3.05, 3.63) is 24.3 Å². The second-order valence-electron chi connectivity index (χ2n) is 3.18. The summed E-state index contributed by atoms with van der Waals surface area (Å²) in [7, 11) is 1.60. The van der Waals surface area contributed by atoms with Gasteiger partial charge in [0.25, 0.3) is 0 Å². The minimum absolute atomic E-state index is 0.135. The number of nitrogens with one attached hydrogen (secondary N) is 1. The van der Waals surface area contributed by atoms with E-state index in [-0.39, 0.29) is 5.71 Å². The molecule has 0 saturated carbocycles. The summed E-state index contributed by atoms with van der Waals surface area (Å²) in [6, 6.07) is 11.0. The topological polar surface area (TPSA) is 80.7 Å². The van der Waals surface area contributed by atoms with Crippen molar-refractivity contribution in [2.75, 3.05) is 12.9 Å². The number of ether oxygens (including phenoxy) is 1. The van der Waals surface area contributed by atoms with Gasteiger partial charge in [0.2, 0.25) is 0 Å². The lowest BCUT2D eigenvalue weighted by molar-refractivity contribution is 0.414. The van der Waals surface area contributed by atoms with Gasteiger partial charge < -0.3 is 10.1 Å². The maximum Gasteiger partial charge on any atom is 0.171 e. The van der Waals surface area contributed by atoms with Gasteiger partial charge in [-0.3, -0.25) is 0 Å². The summed E-state index contributed by atoms with van der Waals surface area (Å²) in [5.74, 6) is 0.176. The van der Waals surface area contributed by atoms with Crippen LogP contribution in [0.5, 0.6) is 5.75 Å². The molecule has 0 unspecified atom stereocenters. The van der Waals surface area contributed by atoms with E-state index in [4.69, 9.17) is 20.7 Å². The van der Waals surface area contributed by atoms with Crippen molar-refractivity contribution in [2.24, 2.45) is 5.92 Å². The fourth-order valence-corrected chi connectivity index (χ4v) is 1.92. The number of nitriles is 2. The largest absolute Gasteiger partial charge is 0.497 e. The first-order valence-electron chi connectivity index (χ1n) is 4.84. The third kappa shape index (κ3) is 3.82. The van der Waals surface area contributed by atoms with E-state index < -0.39 is 5.92 Å². The molecule has 0 fully saturated rings. The maximum absolute atomic E-state index is 8.62. The normalized spacial score (nSPS) is 9.41. The molecule has 0 aromatic heterocycles. The zero-order valence-corrected chi connectivity index (χ0v) is 10.1. The van der Waals surface area contributed by atoms with Gasteiger partial charge in [-0.2, -0.15) is 10.5 Å². The summed E-state index contributed by atoms with van der Waals surface area (Å²) >= 11 is 1.42. The number of rotatable bonds is 5. The maximum atomic E-state index is 8.62. The molecule has 0 aliphatic rings. The Hall–Kier alpha value is -1.98. The molecular formula is C12H11N3OS. The summed E-state index contributed by atoms with van der Waals surface area (Å²) < 4.78 is 5.03. The summed E-state index contributed by atoms with van der Waals surface area (Å²) in [6.45, 7) is 0. The van der Waals surface area contributed by atoms with Gasteiger partial charge >= 0.3 is 0 Å². The zero-order valence-electron chi connectivity index (χ0n) is 9.30. The number of methoxy groups -OCH3 is 1. The molecule has 0 amide bonds. The number of thioether (sulfide) groups is 1. The number of benzene rings is 1. The second kappa shape index (κ2) is 6.57. The Morgan fingerprint density at radius 3 is 2.41 bits per heavy atom. The van der Waals surface area contributed by atoms with E-state index in [0.717, 1.165) is 10.6 Å². The van der Waals surface area contributed by atoms with E-state index in [1.807, 2.05) is 24.3 Å². The van der Waals surface area contributed by atoms with Crippen molar-refractivity contribution in [2.45, 2.75) is 4.90 Å². The van der Waals surface area contributed by atoms with Gasteiger partial charge in [0.15, 0.2) is 5.92 Å². The van der Waals surface area contributed by atoms with E-state index in [0.29, 0.717) is 5.75 Å². The third-order valence-electron chi connectivity index (χ3n) is 2.06. The number of hydrogen-bond donors (Lipinski definition) is 1. The van der Waals surface area contributed by atoms with E-state index >= 15 is 0 Å². The fourth-order valence-electron chi connectivity index (χ4n) is 1.10. The third-order valence-corrected chi connectivity index (χ3v) is 3.12. The summed E-state index contributed by atoms with van der Waals surface area (Å²) in [5, 5.41) is 24.8. The molecule has 1 aromatic rings. The Kier molecular flexibility index (Phi) is 5.06. The second-order valence-corrected chi connectivity index (χ2v) is 4.23. The molecule has 1 N–H and O–H groups in total. The van der Waals surface area contributed by atoms with E-state index in [1.165, 1.54) is 11.8 Å². The van der Waals surface area contributed by atoms with Crippen LogP contribution in [0.25, 0.3) is 0 Å². The van der Waals surface area contributed by atoms with Gasteiger partial charge in [-0.05, 0) is 24.3 Å². The minimum atomic E-state index is -0.944. The highest BCUT2D eigenvalue weighted by Gasteiger charge is 2.12. The molecule has 1 aromatic carbocycles. The summed E-state index contributed by atoms with van der Waals surface area (Å²) in [5.41, 5.74) is 0.135. The minimum Gasteiger partial charge on any atom is -0.497 e. The lowest BCUT2D eigenvalue weighted by atomic mass is 10.1. The van der Waals surface area contributed by atoms with Crippen molar-refractivity contribution >= 4 is 17.5 Å². The highest BCUT2D eigenvalue weighted by Crippen LogP contribution is 2.22. The molecule has 1 rings (SSSR count). The first kappa shape index (κ1) is 13.1. The predicted molar refractivity (Wildman–Crippen MR) is 66.2 cm³/mol. The molecule has 0 aliphatic heterocycles. The molecule has 0 spiro atoms. The molecule has 0 aliphatic carbocycles. The van der Waals surface area contributed by atoms with E-state index in [1.54, 1.807) is 19.2 Å². The van der Waals surface area contributed by atoms with Crippen LogP contribution in [0.15, 0.2) is 29.2 Å². The smallest absolute Gasteiger partial charge is 0.171 e. The van der Waals surface area contributed by atoms with Crippen LogP contribution in [-0.2, 0) is 0 Å². The molecule has 5 heteroatoms.